The zero-order valence-electron chi connectivity index (χ0n) is 9.80. The number of halogens is 1. The molecule has 0 aliphatic rings. The molecular weight excluding hydrogens is 224 g/mol. The van der Waals surface area contributed by atoms with Gasteiger partial charge in [0.15, 0.2) is 0 Å². The second-order valence-electron chi connectivity index (χ2n) is 4.43. The largest absolute Gasteiger partial charge is 0.399 e. The van der Waals surface area contributed by atoms with Crippen LogP contribution in [0, 0.1) is 0 Å². The van der Waals surface area contributed by atoms with Crippen LogP contribution in [0.5, 0.6) is 0 Å². The number of amides is 1. The number of benzene rings is 1. The smallest absolute Gasteiger partial charge is 0.253 e. The fraction of sp³-hybridized carbons (Fsp3) is 0.417. The van der Waals surface area contributed by atoms with E-state index in [4.69, 9.17) is 17.3 Å². The number of hydrogen-bond donors (Lipinski definition) is 2. The third-order valence-electron chi connectivity index (χ3n) is 2.57. The van der Waals surface area contributed by atoms with Crippen LogP contribution in [0.4, 0.5) is 5.69 Å². The number of rotatable bonds is 3. The highest BCUT2D eigenvalue weighted by Gasteiger charge is 2.20. The molecule has 3 N–H and O–H groups in total. The summed E-state index contributed by atoms with van der Waals surface area (Å²) in [7, 11) is 0. The highest BCUT2D eigenvalue weighted by atomic mass is 35.5. The van der Waals surface area contributed by atoms with Gasteiger partial charge in [-0.05, 0) is 38.5 Å². The fourth-order valence-electron chi connectivity index (χ4n) is 1.18. The number of nitrogens with one attached hydrogen (secondary N) is 1. The first kappa shape index (κ1) is 12.8. The number of nitrogens with two attached hydrogens (primary N) is 1. The minimum Gasteiger partial charge on any atom is -0.399 e. The summed E-state index contributed by atoms with van der Waals surface area (Å²) in [5.41, 5.74) is 6.33. The lowest BCUT2D eigenvalue weighted by atomic mass is 10.0. The van der Waals surface area contributed by atoms with Crippen molar-refractivity contribution in [3.63, 3.8) is 0 Å². The molecule has 1 aromatic carbocycles. The summed E-state index contributed by atoms with van der Waals surface area (Å²) in [6.45, 7) is 5.94. The predicted molar refractivity (Wildman–Crippen MR) is 67.7 cm³/mol. The van der Waals surface area contributed by atoms with E-state index in [0.29, 0.717) is 16.3 Å². The van der Waals surface area contributed by atoms with Gasteiger partial charge in [-0.2, -0.15) is 0 Å². The number of nitrogen functional groups attached to an aromatic ring is 1. The van der Waals surface area contributed by atoms with Crippen LogP contribution in [0.2, 0.25) is 5.02 Å². The molecule has 1 aromatic rings. The van der Waals surface area contributed by atoms with Crippen molar-refractivity contribution in [3.8, 4) is 0 Å². The normalized spacial score (nSPS) is 11.2. The lowest BCUT2D eigenvalue weighted by Crippen LogP contribution is -2.42. The molecule has 0 spiro atoms. The molecule has 88 valence electrons. The fourth-order valence-corrected chi connectivity index (χ4v) is 1.38. The molecule has 1 rings (SSSR count). The maximum absolute atomic E-state index is 11.9. The Morgan fingerprint density at radius 2 is 2.12 bits per heavy atom. The standard InChI is InChI=1S/C12H17ClN2O/c1-4-12(2,3)15-11(16)9-7-8(14)5-6-10(9)13/h5-7H,4,14H2,1-3H3,(H,15,16). The first-order valence-corrected chi connectivity index (χ1v) is 5.61. The van der Waals surface area contributed by atoms with E-state index in [2.05, 4.69) is 5.32 Å². The van der Waals surface area contributed by atoms with Crippen LogP contribution in [0.3, 0.4) is 0 Å². The van der Waals surface area contributed by atoms with Crippen molar-refractivity contribution in [1.29, 1.82) is 0 Å². The molecule has 1 amide bonds. The summed E-state index contributed by atoms with van der Waals surface area (Å²) in [6.07, 6.45) is 0.846. The number of carbonyl (C=O) groups excluding carboxylic acids is 1. The Morgan fingerprint density at radius 1 is 1.50 bits per heavy atom. The summed E-state index contributed by atoms with van der Waals surface area (Å²) >= 11 is 5.95. The van der Waals surface area contributed by atoms with Gasteiger partial charge in [0.2, 0.25) is 0 Å². The van der Waals surface area contributed by atoms with Crippen LogP contribution in [0.1, 0.15) is 37.6 Å². The third kappa shape index (κ3) is 3.14. The molecule has 4 heteroatoms. The Hall–Kier alpha value is -1.22. The molecular formula is C12H17ClN2O. The van der Waals surface area contributed by atoms with E-state index in [1.54, 1.807) is 18.2 Å². The Morgan fingerprint density at radius 3 is 2.69 bits per heavy atom. The SMILES string of the molecule is CCC(C)(C)NC(=O)c1cc(N)ccc1Cl. The highest BCUT2D eigenvalue weighted by molar-refractivity contribution is 6.34. The average molecular weight is 241 g/mol. The molecule has 0 atom stereocenters. The molecule has 3 nitrogen and oxygen atoms in total. The molecule has 0 radical (unpaired) electrons. The maximum Gasteiger partial charge on any atom is 0.253 e. The first-order chi connectivity index (χ1) is 7.35. The number of anilines is 1. The zero-order valence-corrected chi connectivity index (χ0v) is 10.6. The van der Waals surface area contributed by atoms with E-state index >= 15 is 0 Å². The van der Waals surface area contributed by atoms with Crippen LogP contribution in [0.25, 0.3) is 0 Å². The second-order valence-corrected chi connectivity index (χ2v) is 4.84. The molecule has 0 saturated carbocycles. The molecule has 0 heterocycles. The molecule has 0 aliphatic carbocycles. The third-order valence-corrected chi connectivity index (χ3v) is 2.90. The summed E-state index contributed by atoms with van der Waals surface area (Å²) in [5, 5.41) is 3.33. The summed E-state index contributed by atoms with van der Waals surface area (Å²) < 4.78 is 0. The van der Waals surface area contributed by atoms with Crippen LogP contribution in [-0.2, 0) is 0 Å². The van der Waals surface area contributed by atoms with Gasteiger partial charge in [0.05, 0.1) is 10.6 Å². The van der Waals surface area contributed by atoms with Gasteiger partial charge in [-0.25, -0.2) is 0 Å². The second kappa shape index (κ2) is 4.74. The van der Waals surface area contributed by atoms with Crippen molar-refractivity contribution in [2.45, 2.75) is 32.7 Å². The molecule has 0 bridgehead atoms. The van der Waals surface area contributed by atoms with Gasteiger partial charge in [0.1, 0.15) is 0 Å². The molecule has 0 aliphatic heterocycles. The average Bonchev–Trinajstić information content (AvgIpc) is 2.21. The van der Waals surface area contributed by atoms with E-state index in [1.165, 1.54) is 0 Å². The molecule has 0 fully saturated rings. The Balaban J connectivity index is 2.93. The van der Waals surface area contributed by atoms with E-state index in [-0.39, 0.29) is 11.4 Å². The van der Waals surface area contributed by atoms with Crippen molar-refractivity contribution in [2.75, 3.05) is 5.73 Å². The first-order valence-electron chi connectivity index (χ1n) is 5.23. The van der Waals surface area contributed by atoms with Gasteiger partial charge in [0, 0.05) is 11.2 Å². The lowest BCUT2D eigenvalue weighted by Gasteiger charge is -2.24. The van der Waals surface area contributed by atoms with Gasteiger partial charge in [0.25, 0.3) is 5.91 Å². The lowest BCUT2D eigenvalue weighted by molar-refractivity contribution is 0.0911. The topological polar surface area (TPSA) is 55.1 Å². The quantitative estimate of drug-likeness (QED) is 0.799. The van der Waals surface area contributed by atoms with Crippen LogP contribution < -0.4 is 11.1 Å². The van der Waals surface area contributed by atoms with Crippen molar-refractivity contribution in [1.82, 2.24) is 5.32 Å². The molecule has 0 unspecified atom stereocenters. The summed E-state index contributed by atoms with van der Waals surface area (Å²) in [4.78, 5) is 11.9. The predicted octanol–water partition coefficient (Wildman–Crippen LogP) is 2.84. The van der Waals surface area contributed by atoms with Crippen LogP contribution in [-0.4, -0.2) is 11.4 Å². The Kier molecular flexibility index (Phi) is 3.81. The summed E-state index contributed by atoms with van der Waals surface area (Å²) in [6, 6.07) is 4.89. The number of carbonyl (C=O) groups is 1. The van der Waals surface area contributed by atoms with Gasteiger partial charge in [-0.3, -0.25) is 4.79 Å². The van der Waals surface area contributed by atoms with Crippen LogP contribution >= 0.6 is 11.6 Å². The van der Waals surface area contributed by atoms with Gasteiger partial charge >= 0.3 is 0 Å². The molecule has 0 aromatic heterocycles. The van der Waals surface area contributed by atoms with Crippen molar-refractivity contribution < 1.29 is 4.79 Å². The Bertz CT molecular complexity index is 402. The van der Waals surface area contributed by atoms with Crippen molar-refractivity contribution in [2.24, 2.45) is 0 Å². The summed E-state index contributed by atoms with van der Waals surface area (Å²) in [5.74, 6) is -0.191. The highest BCUT2D eigenvalue weighted by Crippen LogP contribution is 2.20. The van der Waals surface area contributed by atoms with E-state index in [0.717, 1.165) is 6.42 Å². The van der Waals surface area contributed by atoms with E-state index in [1.807, 2.05) is 20.8 Å². The molecule has 16 heavy (non-hydrogen) atoms. The minimum absolute atomic E-state index is 0.191. The van der Waals surface area contributed by atoms with Gasteiger partial charge < -0.3 is 11.1 Å². The number of hydrogen-bond acceptors (Lipinski definition) is 2. The minimum atomic E-state index is -0.245. The maximum atomic E-state index is 11.9. The zero-order chi connectivity index (χ0) is 12.3. The van der Waals surface area contributed by atoms with Crippen molar-refractivity contribution >= 4 is 23.2 Å². The van der Waals surface area contributed by atoms with Gasteiger partial charge in [-0.15, -0.1) is 0 Å². The molecule has 0 saturated heterocycles. The monoisotopic (exact) mass is 240 g/mol. The Labute approximate surface area is 101 Å². The van der Waals surface area contributed by atoms with E-state index < -0.39 is 0 Å². The van der Waals surface area contributed by atoms with Gasteiger partial charge in [-0.1, -0.05) is 18.5 Å². The van der Waals surface area contributed by atoms with E-state index in [9.17, 15) is 4.79 Å². The van der Waals surface area contributed by atoms with Crippen molar-refractivity contribution in [3.05, 3.63) is 28.8 Å². The van der Waals surface area contributed by atoms with Crippen LogP contribution in [0.15, 0.2) is 18.2 Å².